The Balaban J connectivity index is 1.29. The van der Waals surface area contributed by atoms with Crippen molar-refractivity contribution in [2.75, 3.05) is 29.0 Å². The topological polar surface area (TPSA) is 50.2 Å². The average molecular weight is 495 g/mol. The minimum absolute atomic E-state index is 0.166. The third-order valence-electron chi connectivity index (χ3n) is 6.31. The summed E-state index contributed by atoms with van der Waals surface area (Å²) in [5.41, 5.74) is 4.31. The summed E-state index contributed by atoms with van der Waals surface area (Å²) < 4.78 is 17.9. The highest BCUT2D eigenvalue weighted by molar-refractivity contribution is 7.56. The van der Waals surface area contributed by atoms with Crippen molar-refractivity contribution in [1.29, 1.82) is 0 Å². The zero-order chi connectivity index (χ0) is 24.2. The molecule has 0 saturated carbocycles. The average Bonchev–Trinajstić information content (AvgIpc) is 3.58. The van der Waals surface area contributed by atoms with Crippen LogP contribution < -0.4 is 9.34 Å². The Morgan fingerprint density at radius 1 is 0.778 bits per heavy atom. The molecular weight excluding hydrogens is 467 g/mol. The lowest BCUT2D eigenvalue weighted by atomic mass is 10.0. The highest BCUT2D eigenvalue weighted by atomic mass is 31.2. The lowest BCUT2D eigenvalue weighted by molar-refractivity contribution is 0.165. The van der Waals surface area contributed by atoms with Crippen LogP contribution in [0, 0.1) is 0 Å². The molecule has 3 aromatic carbocycles. The van der Waals surface area contributed by atoms with Gasteiger partial charge in [-0.25, -0.2) is 4.99 Å². The summed E-state index contributed by atoms with van der Waals surface area (Å²) in [6.45, 7) is 2.25. The molecule has 0 unspecified atom stereocenters. The summed E-state index contributed by atoms with van der Waals surface area (Å²) in [4.78, 5) is 9.22. The van der Waals surface area contributed by atoms with Crippen molar-refractivity contribution >= 4 is 25.7 Å². The second-order valence-electron chi connectivity index (χ2n) is 8.66. The monoisotopic (exact) mass is 494 g/mol. The summed E-state index contributed by atoms with van der Waals surface area (Å²) in [5.74, 6) is 0.615. The first kappa shape index (κ1) is 22.7. The fraction of sp³-hybridized carbons (Fsp3) is 0.172. The van der Waals surface area contributed by atoms with Gasteiger partial charge in [-0.15, -0.1) is 0 Å². The summed E-state index contributed by atoms with van der Waals surface area (Å²) in [6.07, 6.45) is 3.33. The highest BCUT2D eigenvalue weighted by Crippen LogP contribution is 2.54. The summed E-state index contributed by atoms with van der Waals surface area (Å²) in [5, 5.41) is 0. The van der Waals surface area contributed by atoms with Gasteiger partial charge in [-0.2, -0.15) is 0 Å². The lowest BCUT2D eigenvalue weighted by Crippen LogP contribution is -2.23. The van der Waals surface area contributed by atoms with E-state index in [0.29, 0.717) is 12.5 Å². The largest absolute Gasteiger partial charge is 0.467 e. The maximum Gasteiger partial charge on any atom is 0.248 e. The number of hydrogen-bond donors (Lipinski definition) is 0. The van der Waals surface area contributed by atoms with Crippen LogP contribution in [0.25, 0.3) is 0 Å². The van der Waals surface area contributed by atoms with Crippen molar-refractivity contribution in [3.63, 3.8) is 0 Å². The first-order valence-electron chi connectivity index (χ1n) is 12.1. The number of para-hydroxylation sites is 2. The Bertz CT molecular complexity index is 1240. The zero-order valence-corrected chi connectivity index (χ0v) is 20.7. The third kappa shape index (κ3) is 4.70. The second-order valence-corrected chi connectivity index (χ2v) is 10.4. The predicted octanol–water partition coefficient (Wildman–Crippen LogP) is 6.24. The molecule has 2 aliphatic heterocycles. The van der Waals surface area contributed by atoms with Gasteiger partial charge in [0.05, 0.1) is 12.2 Å². The number of nitrogens with zero attached hydrogens (tertiary/aromatic N) is 4. The first-order chi connectivity index (χ1) is 17.9. The van der Waals surface area contributed by atoms with Crippen LogP contribution in [-0.2, 0) is 9.26 Å². The van der Waals surface area contributed by atoms with Gasteiger partial charge >= 0.3 is 0 Å². The number of hydrogen-bond acceptors (Lipinski definition) is 6. The van der Waals surface area contributed by atoms with E-state index in [4.69, 9.17) is 14.3 Å². The van der Waals surface area contributed by atoms with Crippen LogP contribution in [0.5, 0.6) is 0 Å². The van der Waals surface area contributed by atoms with Crippen LogP contribution in [-0.4, -0.2) is 36.6 Å². The molecule has 0 radical (unpaired) electrons. The Kier molecular flexibility index (Phi) is 6.62. The van der Waals surface area contributed by atoms with Crippen LogP contribution >= 0.6 is 8.45 Å². The number of aliphatic imine (C=N–C) groups is 1. The first-order valence-corrected chi connectivity index (χ1v) is 13.3. The van der Waals surface area contributed by atoms with E-state index in [9.17, 15) is 0 Å². The number of benzene rings is 3. The molecular formula is C29H27N4O2P. The summed E-state index contributed by atoms with van der Waals surface area (Å²) in [7, 11) is -1.07. The van der Waals surface area contributed by atoms with Crippen LogP contribution in [0.2, 0.25) is 0 Å². The van der Waals surface area contributed by atoms with Crippen LogP contribution in [0.1, 0.15) is 17.2 Å². The number of aromatic nitrogens is 1. The van der Waals surface area contributed by atoms with E-state index < -0.39 is 8.45 Å². The molecule has 0 bridgehead atoms. The van der Waals surface area contributed by atoms with Crippen LogP contribution in [0.3, 0.4) is 0 Å². The van der Waals surface area contributed by atoms with Gasteiger partial charge in [0.1, 0.15) is 6.04 Å². The zero-order valence-electron chi connectivity index (χ0n) is 19.8. The van der Waals surface area contributed by atoms with Crippen molar-refractivity contribution in [2.24, 2.45) is 4.99 Å². The molecule has 0 aliphatic carbocycles. The maximum atomic E-state index is 6.77. The molecule has 2 aliphatic rings. The van der Waals surface area contributed by atoms with Gasteiger partial charge in [-0.1, -0.05) is 66.7 Å². The third-order valence-corrected chi connectivity index (χ3v) is 8.38. The minimum atomic E-state index is -1.07. The molecule has 4 aromatic rings. The number of pyridine rings is 1. The van der Waals surface area contributed by atoms with E-state index in [-0.39, 0.29) is 12.1 Å². The molecule has 7 heteroatoms. The number of rotatable bonds is 7. The van der Waals surface area contributed by atoms with E-state index in [0.717, 1.165) is 24.2 Å². The Hall–Kier alpha value is -3.73. The molecule has 36 heavy (non-hydrogen) atoms. The summed E-state index contributed by atoms with van der Waals surface area (Å²) in [6, 6.07) is 35.0. The van der Waals surface area contributed by atoms with Gasteiger partial charge in [-0.05, 0) is 42.0 Å². The Morgan fingerprint density at radius 3 is 1.97 bits per heavy atom. The molecule has 1 aromatic heterocycles. The van der Waals surface area contributed by atoms with Gasteiger partial charge in [-0.3, -0.25) is 4.98 Å². The maximum absolute atomic E-state index is 6.77. The molecule has 180 valence electrons. The van der Waals surface area contributed by atoms with Crippen molar-refractivity contribution in [3.8, 4) is 0 Å². The number of ether oxygens (including phenoxy) is 1. The number of anilines is 2. The smallest absolute Gasteiger partial charge is 0.248 e. The van der Waals surface area contributed by atoms with Gasteiger partial charge in [0.25, 0.3) is 0 Å². The van der Waals surface area contributed by atoms with Gasteiger partial charge in [0, 0.05) is 36.9 Å². The molecule has 0 amide bonds. The SMILES string of the molecule is c1ccc([C@@H]2OC(c3cccnc3)=N[C@H]2COP2N(c3ccccc3)CCN2c2ccccc2)cc1. The second kappa shape index (κ2) is 10.5. The van der Waals surface area contributed by atoms with Crippen molar-refractivity contribution in [2.45, 2.75) is 12.1 Å². The minimum Gasteiger partial charge on any atom is -0.467 e. The molecule has 6 rings (SSSR count). The molecule has 1 saturated heterocycles. The molecule has 1 fully saturated rings. The Morgan fingerprint density at radius 2 is 1.39 bits per heavy atom. The molecule has 2 atom stereocenters. The normalized spacial score (nSPS) is 19.8. The van der Waals surface area contributed by atoms with Gasteiger partial charge < -0.3 is 18.6 Å². The van der Waals surface area contributed by atoms with Crippen LogP contribution in [0.4, 0.5) is 11.4 Å². The predicted molar refractivity (Wildman–Crippen MR) is 145 cm³/mol. The van der Waals surface area contributed by atoms with E-state index in [1.807, 2.05) is 42.5 Å². The van der Waals surface area contributed by atoms with Crippen molar-refractivity contribution < 1.29 is 9.26 Å². The van der Waals surface area contributed by atoms with E-state index in [1.165, 1.54) is 11.4 Å². The molecule has 0 spiro atoms. The van der Waals surface area contributed by atoms with E-state index >= 15 is 0 Å². The van der Waals surface area contributed by atoms with Crippen molar-refractivity contribution in [3.05, 3.63) is 127 Å². The Labute approximate surface area is 212 Å². The molecule has 3 heterocycles. The lowest BCUT2D eigenvalue weighted by Gasteiger charge is -2.31. The standard InChI is InChI=1S/C29H27N4O2P/c1-4-11-23(12-5-1)28-27(31-29(35-28)24-13-10-18-30-21-24)22-34-36-32(25-14-6-2-7-15-25)19-20-33(36)26-16-8-3-9-17-26/h1-18,21,27-28H,19-20,22H2/t27-,28-/m0/s1. The molecule has 0 N–H and O–H groups in total. The highest BCUT2D eigenvalue weighted by Gasteiger charge is 2.38. The van der Waals surface area contributed by atoms with E-state index in [1.54, 1.807) is 12.4 Å². The van der Waals surface area contributed by atoms with Gasteiger partial charge in [0.15, 0.2) is 6.10 Å². The van der Waals surface area contributed by atoms with Crippen LogP contribution in [0.15, 0.2) is 121 Å². The fourth-order valence-electron chi connectivity index (χ4n) is 4.57. The molecule has 6 nitrogen and oxygen atoms in total. The fourth-order valence-corrected chi connectivity index (χ4v) is 6.57. The summed E-state index contributed by atoms with van der Waals surface area (Å²) >= 11 is 0. The quantitative estimate of drug-likeness (QED) is 0.285. The van der Waals surface area contributed by atoms with Crippen molar-refractivity contribution in [1.82, 2.24) is 4.98 Å². The van der Waals surface area contributed by atoms with E-state index in [2.05, 4.69) is 75.0 Å². The van der Waals surface area contributed by atoms with Gasteiger partial charge in [0.2, 0.25) is 14.3 Å².